The predicted molar refractivity (Wildman–Crippen MR) is 100 cm³/mol. The summed E-state index contributed by atoms with van der Waals surface area (Å²) in [6, 6.07) is 11.0. The molecule has 0 unspecified atom stereocenters. The van der Waals surface area contributed by atoms with Gasteiger partial charge in [-0.25, -0.2) is 0 Å². The van der Waals surface area contributed by atoms with Crippen molar-refractivity contribution in [3.63, 3.8) is 0 Å². The van der Waals surface area contributed by atoms with Crippen LogP contribution in [-0.4, -0.2) is 39.7 Å². The molecule has 1 aromatic heterocycles. The van der Waals surface area contributed by atoms with E-state index in [1.807, 2.05) is 24.5 Å². The summed E-state index contributed by atoms with van der Waals surface area (Å²) in [5.41, 5.74) is 1.36. The summed E-state index contributed by atoms with van der Waals surface area (Å²) in [5.74, 6) is -0.876. The molecule has 0 bridgehead atoms. The van der Waals surface area contributed by atoms with Gasteiger partial charge in [0, 0.05) is 22.5 Å². The minimum absolute atomic E-state index is 0.296. The van der Waals surface area contributed by atoms with E-state index in [0.717, 1.165) is 27.3 Å². The molecule has 6 nitrogen and oxygen atoms in total. The zero-order valence-corrected chi connectivity index (χ0v) is 14.9. The Morgan fingerprint density at radius 3 is 2.88 bits per heavy atom. The first-order valence-electron chi connectivity index (χ1n) is 7.39. The first kappa shape index (κ1) is 17.4. The highest BCUT2D eigenvalue weighted by Gasteiger charge is 2.36. The molecule has 25 heavy (non-hydrogen) atoms. The number of anilines is 1. The Bertz CT molecular complexity index is 847. The number of carbonyl (C=O) groups excluding carboxylic acids is 3. The number of aromatic amines is 1. The quantitative estimate of drug-likeness (QED) is 0.620. The van der Waals surface area contributed by atoms with E-state index in [1.165, 1.54) is 0 Å². The third kappa shape index (κ3) is 4.15. The predicted octanol–water partition coefficient (Wildman–Crippen LogP) is 3.41. The monoisotopic (exact) mass is 373 g/mol. The van der Waals surface area contributed by atoms with Crippen LogP contribution in [0.2, 0.25) is 0 Å². The summed E-state index contributed by atoms with van der Waals surface area (Å²) < 4.78 is 0. The van der Waals surface area contributed by atoms with Crippen molar-refractivity contribution in [3.8, 4) is 0 Å². The number of benzene rings is 1. The second kappa shape index (κ2) is 7.62. The van der Waals surface area contributed by atoms with Gasteiger partial charge in [-0.1, -0.05) is 6.07 Å². The zero-order valence-electron chi connectivity index (χ0n) is 13.3. The molecule has 1 saturated heterocycles. The molecule has 3 amide bonds. The molecule has 0 radical (unpaired) electrons. The van der Waals surface area contributed by atoms with Gasteiger partial charge in [-0.2, -0.15) is 0 Å². The van der Waals surface area contributed by atoms with E-state index in [2.05, 4.69) is 10.3 Å². The maximum Gasteiger partial charge on any atom is 0.294 e. The number of nitrogens with one attached hydrogen (secondary N) is 2. The van der Waals surface area contributed by atoms with Crippen molar-refractivity contribution in [1.82, 2.24) is 9.88 Å². The topological polar surface area (TPSA) is 82.3 Å². The van der Waals surface area contributed by atoms with Crippen molar-refractivity contribution < 1.29 is 14.4 Å². The van der Waals surface area contributed by atoms with Gasteiger partial charge in [0.1, 0.15) is 6.54 Å². The van der Waals surface area contributed by atoms with Crippen LogP contribution in [0.1, 0.15) is 5.69 Å². The molecule has 8 heteroatoms. The fraction of sp³-hybridized carbons (Fsp3) is 0.118. The average Bonchev–Trinajstić information content (AvgIpc) is 3.19. The minimum Gasteiger partial charge on any atom is -0.362 e. The van der Waals surface area contributed by atoms with Crippen LogP contribution >= 0.6 is 23.5 Å². The van der Waals surface area contributed by atoms with Crippen molar-refractivity contribution in [2.75, 3.05) is 18.1 Å². The van der Waals surface area contributed by atoms with Crippen LogP contribution < -0.4 is 5.32 Å². The minimum atomic E-state index is -0.461. The van der Waals surface area contributed by atoms with Gasteiger partial charge in [0.2, 0.25) is 5.91 Å². The number of rotatable bonds is 5. The number of thioether (sulfide) groups is 2. The van der Waals surface area contributed by atoms with Gasteiger partial charge in [-0.3, -0.25) is 19.3 Å². The standard InChI is InChI=1S/C17H15N3O3S2/c1-24-13-6-2-4-12(8-13)19-15(21)10-20-16(22)14(25-17(20)23)9-11-5-3-7-18-11/h2-9,18H,10H2,1H3,(H,19,21)/b14-9+. The number of amides is 3. The summed E-state index contributed by atoms with van der Waals surface area (Å²) in [6.07, 6.45) is 5.27. The van der Waals surface area contributed by atoms with Crippen molar-refractivity contribution in [2.24, 2.45) is 0 Å². The molecule has 1 aromatic carbocycles. The van der Waals surface area contributed by atoms with Crippen molar-refractivity contribution in [2.45, 2.75) is 4.90 Å². The van der Waals surface area contributed by atoms with Crippen molar-refractivity contribution in [1.29, 1.82) is 0 Å². The summed E-state index contributed by atoms with van der Waals surface area (Å²) >= 11 is 2.39. The molecule has 2 heterocycles. The molecule has 0 atom stereocenters. The third-order valence-corrected chi connectivity index (χ3v) is 5.07. The van der Waals surface area contributed by atoms with E-state index in [4.69, 9.17) is 0 Å². The Morgan fingerprint density at radius 1 is 1.32 bits per heavy atom. The third-order valence-electron chi connectivity index (χ3n) is 3.44. The second-order valence-corrected chi connectivity index (χ2v) is 7.05. The lowest BCUT2D eigenvalue weighted by Crippen LogP contribution is -2.36. The molecule has 2 aromatic rings. The highest BCUT2D eigenvalue weighted by molar-refractivity contribution is 8.18. The molecular weight excluding hydrogens is 358 g/mol. The Morgan fingerprint density at radius 2 is 2.16 bits per heavy atom. The molecule has 1 aliphatic heterocycles. The number of hydrogen-bond acceptors (Lipinski definition) is 5. The molecule has 1 fully saturated rings. The van der Waals surface area contributed by atoms with Crippen LogP contribution in [0, 0.1) is 0 Å². The largest absolute Gasteiger partial charge is 0.362 e. The van der Waals surface area contributed by atoms with Crippen molar-refractivity contribution >= 4 is 52.3 Å². The van der Waals surface area contributed by atoms with E-state index < -0.39 is 17.1 Å². The first-order chi connectivity index (χ1) is 12.1. The fourth-order valence-electron chi connectivity index (χ4n) is 2.26. The van der Waals surface area contributed by atoms with Crippen LogP contribution in [0.15, 0.2) is 52.4 Å². The smallest absolute Gasteiger partial charge is 0.294 e. The molecule has 0 spiro atoms. The van der Waals surface area contributed by atoms with E-state index in [0.29, 0.717) is 10.6 Å². The van der Waals surface area contributed by atoms with E-state index in [-0.39, 0.29) is 6.54 Å². The number of hydrogen-bond donors (Lipinski definition) is 2. The number of carbonyl (C=O) groups is 3. The summed E-state index contributed by atoms with van der Waals surface area (Å²) in [7, 11) is 0. The van der Waals surface area contributed by atoms with E-state index >= 15 is 0 Å². The molecule has 128 valence electrons. The van der Waals surface area contributed by atoms with Gasteiger partial charge in [-0.15, -0.1) is 11.8 Å². The van der Waals surface area contributed by atoms with Crippen LogP contribution in [0.25, 0.3) is 6.08 Å². The van der Waals surface area contributed by atoms with E-state index in [1.54, 1.807) is 42.2 Å². The van der Waals surface area contributed by atoms with Crippen LogP contribution in [0.5, 0.6) is 0 Å². The number of aromatic nitrogens is 1. The Hall–Kier alpha value is -2.45. The van der Waals surface area contributed by atoms with Gasteiger partial charge >= 0.3 is 0 Å². The summed E-state index contributed by atoms with van der Waals surface area (Å²) in [5, 5.41) is 2.26. The van der Waals surface area contributed by atoms with Gasteiger partial charge in [0.25, 0.3) is 11.1 Å². The highest BCUT2D eigenvalue weighted by Crippen LogP contribution is 2.31. The average molecular weight is 373 g/mol. The van der Waals surface area contributed by atoms with E-state index in [9.17, 15) is 14.4 Å². The first-order valence-corrected chi connectivity index (χ1v) is 9.43. The lowest BCUT2D eigenvalue weighted by Gasteiger charge is -2.12. The second-order valence-electron chi connectivity index (χ2n) is 5.17. The molecule has 0 saturated carbocycles. The summed E-state index contributed by atoms with van der Waals surface area (Å²) in [6.45, 7) is -0.309. The molecular formula is C17H15N3O3S2. The molecule has 2 N–H and O–H groups in total. The van der Waals surface area contributed by atoms with Gasteiger partial charge < -0.3 is 10.3 Å². The maximum absolute atomic E-state index is 12.3. The van der Waals surface area contributed by atoms with Crippen LogP contribution in [-0.2, 0) is 9.59 Å². The fourth-order valence-corrected chi connectivity index (χ4v) is 3.55. The lowest BCUT2D eigenvalue weighted by atomic mass is 10.3. The molecule has 1 aliphatic rings. The lowest BCUT2D eigenvalue weighted by molar-refractivity contribution is -0.127. The zero-order chi connectivity index (χ0) is 17.8. The van der Waals surface area contributed by atoms with Gasteiger partial charge in [0.05, 0.1) is 4.91 Å². The SMILES string of the molecule is CSc1cccc(NC(=O)CN2C(=O)S/C(=C/c3ccc[nH]3)C2=O)c1. The highest BCUT2D eigenvalue weighted by atomic mass is 32.2. The molecule has 3 rings (SSSR count). The van der Waals surface area contributed by atoms with Gasteiger partial charge in [-0.05, 0) is 54.4 Å². The Labute approximate surface area is 153 Å². The van der Waals surface area contributed by atoms with Crippen LogP contribution in [0.3, 0.4) is 0 Å². The van der Waals surface area contributed by atoms with Crippen LogP contribution in [0.4, 0.5) is 10.5 Å². The Kier molecular flexibility index (Phi) is 5.30. The number of nitrogens with zero attached hydrogens (tertiary/aromatic N) is 1. The number of imide groups is 1. The van der Waals surface area contributed by atoms with Gasteiger partial charge in [0.15, 0.2) is 0 Å². The molecule has 0 aliphatic carbocycles. The summed E-state index contributed by atoms with van der Waals surface area (Å²) in [4.78, 5) is 41.8. The Balaban J connectivity index is 1.66. The maximum atomic E-state index is 12.3. The number of H-pyrrole nitrogens is 1. The van der Waals surface area contributed by atoms with Crippen molar-refractivity contribution in [3.05, 3.63) is 53.2 Å². The normalized spacial score (nSPS) is 15.9.